The molecule has 2 N–H and O–H groups in total. The molecule has 0 saturated heterocycles. The van der Waals surface area contributed by atoms with Gasteiger partial charge in [0, 0.05) is 0 Å². The summed E-state index contributed by atoms with van der Waals surface area (Å²) in [5.41, 5.74) is -0.681. The van der Waals surface area contributed by atoms with Crippen LogP contribution in [0.2, 0.25) is 0 Å². The number of rotatable bonds is 16. The Morgan fingerprint density at radius 1 is 0.923 bits per heavy atom. The van der Waals surface area contributed by atoms with Crippen molar-refractivity contribution in [3.63, 3.8) is 0 Å². The van der Waals surface area contributed by atoms with Crippen LogP contribution in [0.15, 0.2) is 0 Å². The molecule has 0 aromatic carbocycles. The molecule has 2 unspecified atom stereocenters. The van der Waals surface area contributed by atoms with Gasteiger partial charge in [0.25, 0.3) is 0 Å². The van der Waals surface area contributed by atoms with Crippen LogP contribution in [0, 0.1) is 5.41 Å². The Balaban J connectivity index is 4.16. The van der Waals surface area contributed by atoms with Crippen molar-refractivity contribution in [2.45, 2.75) is 115 Å². The number of hydrogen-bond acceptors (Lipinski definition) is 3. The van der Waals surface area contributed by atoms with E-state index < -0.39 is 15.7 Å². The van der Waals surface area contributed by atoms with Gasteiger partial charge < -0.3 is 10.2 Å². The molecular formula is C21H39BrO4. The fourth-order valence-corrected chi connectivity index (χ4v) is 3.69. The Morgan fingerprint density at radius 2 is 1.46 bits per heavy atom. The summed E-state index contributed by atoms with van der Waals surface area (Å²) in [6.45, 7) is 7.29. The quantitative estimate of drug-likeness (QED) is 0.234. The molecule has 0 rings (SSSR count). The predicted molar refractivity (Wildman–Crippen MR) is 111 cm³/mol. The number of unbranched alkanes of at least 4 members (excludes halogenated alkanes) is 4. The van der Waals surface area contributed by atoms with Crippen molar-refractivity contribution >= 4 is 27.7 Å². The molecular weight excluding hydrogens is 396 g/mol. The molecule has 0 spiro atoms. The summed E-state index contributed by atoms with van der Waals surface area (Å²) in [5, 5.41) is 19.2. The van der Waals surface area contributed by atoms with Crippen molar-refractivity contribution < 1.29 is 19.8 Å². The highest BCUT2D eigenvalue weighted by Gasteiger charge is 2.31. The average Bonchev–Trinajstić information content (AvgIpc) is 2.54. The molecule has 154 valence electrons. The monoisotopic (exact) mass is 434 g/mol. The first-order valence-electron chi connectivity index (χ1n) is 10.2. The number of ketones is 1. The van der Waals surface area contributed by atoms with Gasteiger partial charge in [0.2, 0.25) is 0 Å². The minimum Gasteiger partial charge on any atom is -0.481 e. The summed E-state index contributed by atoms with van der Waals surface area (Å²) in [5.74, 6) is -0.614. The first-order valence-corrected chi connectivity index (χ1v) is 11.0. The molecule has 0 bridgehead atoms. The van der Waals surface area contributed by atoms with E-state index in [2.05, 4.69) is 22.9 Å². The van der Waals surface area contributed by atoms with Crippen molar-refractivity contribution in [1.29, 1.82) is 0 Å². The molecule has 0 aliphatic carbocycles. The first kappa shape index (κ1) is 25.6. The number of halogens is 1. The molecule has 0 radical (unpaired) electrons. The third-order valence-electron chi connectivity index (χ3n) is 5.34. The van der Waals surface area contributed by atoms with E-state index in [9.17, 15) is 14.7 Å². The van der Waals surface area contributed by atoms with Gasteiger partial charge in [0.1, 0.15) is 5.78 Å². The zero-order chi connectivity index (χ0) is 20.2. The van der Waals surface area contributed by atoms with E-state index in [1.165, 1.54) is 0 Å². The molecule has 0 saturated carbocycles. The van der Waals surface area contributed by atoms with Gasteiger partial charge in [-0.25, -0.2) is 0 Å². The summed E-state index contributed by atoms with van der Waals surface area (Å²) in [4.78, 5) is 23.2. The van der Waals surface area contributed by atoms with Crippen LogP contribution < -0.4 is 0 Å². The SMILES string of the molecule is CCCCCC(O)CCCC(Br)(CCCCCC(C)(C)C(=O)O)C(C)=O. The second-order valence-corrected chi connectivity index (χ2v) is 9.83. The molecule has 0 aromatic rings. The predicted octanol–water partition coefficient (Wildman–Crippen LogP) is 5.88. The Morgan fingerprint density at radius 3 is 2.00 bits per heavy atom. The molecule has 4 nitrogen and oxygen atoms in total. The maximum atomic E-state index is 12.1. The number of aliphatic hydroxyl groups excluding tert-OH is 1. The lowest BCUT2D eigenvalue weighted by molar-refractivity contribution is -0.147. The maximum absolute atomic E-state index is 12.1. The summed E-state index contributed by atoms with van der Waals surface area (Å²) in [7, 11) is 0. The van der Waals surface area contributed by atoms with Crippen LogP contribution in [0.1, 0.15) is 105 Å². The van der Waals surface area contributed by atoms with Crippen molar-refractivity contribution in [1.82, 2.24) is 0 Å². The Kier molecular flexibility index (Phi) is 12.7. The van der Waals surface area contributed by atoms with E-state index in [1.807, 2.05) is 0 Å². The zero-order valence-corrected chi connectivity index (χ0v) is 18.7. The molecule has 2 atom stereocenters. The number of carboxylic acids is 1. The molecule has 0 fully saturated rings. The second-order valence-electron chi connectivity index (χ2n) is 8.31. The number of carbonyl (C=O) groups is 2. The van der Waals surface area contributed by atoms with Gasteiger partial charge in [0.05, 0.1) is 15.8 Å². The van der Waals surface area contributed by atoms with Gasteiger partial charge in [0.15, 0.2) is 0 Å². The fraction of sp³-hybridized carbons (Fsp3) is 0.905. The van der Waals surface area contributed by atoms with Crippen molar-refractivity contribution in [2.75, 3.05) is 0 Å². The van der Waals surface area contributed by atoms with Crippen LogP contribution >= 0.6 is 15.9 Å². The van der Waals surface area contributed by atoms with Crippen LogP contribution in [0.5, 0.6) is 0 Å². The lowest BCUT2D eigenvalue weighted by Gasteiger charge is -2.25. The minimum atomic E-state index is -0.756. The molecule has 5 heteroatoms. The number of alkyl halides is 1. The second kappa shape index (κ2) is 12.9. The van der Waals surface area contributed by atoms with E-state index in [0.717, 1.165) is 70.6 Å². The van der Waals surface area contributed by atoms with Crippen LogP contribution in [-0.2, 0) is 9.59 Å². The van der Waals surface area contributed by atoms with Gasteiger partial charge in [-0.3, -0.25) is 9.59 Å². The number of Topliss-reactive ketones (excluding diaryl/α,β-unsaturated/α-hetero) is 1. The van der Waals surface area contributed by atoms with Crippen LogP contribution in [-0.4, -0.2) is 32.4 Å². The highest BCUT2D eigenvalue weighted by Crippen LogP contribution is 2.33. The lowest BCUT2D eigenvalue weighted by atomic mass is 9.86. The molecule has 0 aliphatic rings. The third-order valence-corrected chi connectivity index (χ3v) is 6.69. The Bertz CT molecular complexity index is 422. The van der Waals surface area contributed by atoms with E-state index in [-0.39, 0.29) is 11.9 Å². The van der Waals surface area contributed by atoms with Crippen molar-refractivity contribution in [2.24, 2.45) is 5.41 Å². The molecule has 0 heterocycles. The van der Waals surface area contributed by atoms with Crippen molar-refractivity contribution in [3.8, 4) is 0 Å². The van der Waals surface area contributed by atoms with E-state index in [1.54, 1.807) is 20.8 Å². The number of carbonyl (C=O) groups excluding carboxylic acids is 1. The van der Waals surface area contributed by atoms with Crippen LogP contribution in [0.4, 0.5) is 0 Å². The summed E-state index contributed by atoms with van der Waals surface area (Å²) < 4.78 is -0.502. The molecule has 26 heavy (non-hydrogen) atoms. The highest BCUT2D eigenvalue weighted by atomic mass is 79.9. The average molecular weight is 435 g/mol. The smallest absolute Gasteiger partial charge is 0.309 e. The van der Waals surface area contributed by atoms with Gasteiger partial charge in [-0.2, -0.15) is 0 Å². The number of aliphatic carboxylic acids is 1. The lowest BCUT2D eigenvalue weighted by Crippen LogP contribution is -2.30. The Labute approximate surface area is 168 Å². The third kappa shape index (κ3) is 10.7. The van der Waals surface area contributed by atoms with E-state index >= 15 is 0 Å². The zero-order valence-electron chi connectivity index (χ0n) is 17.2. The molecule has 0 aliphatic heterocycles. The van der Waals surface area contributed by atoms with E-state index in [4.69, 9.17) is 5.11 Å². The number of hydrogen-bond donors (Lipinski definition) is 2. The minimum absolute atomic E-state index is 0.142. The highest BCUT2D eigenvalue weighted by molar-refractivity contribution is 9.10. The Hall–Kier alpha value is -0.420. The number of aliphatic hydroxyl groups is 1. The van der Waals surface area contributed by atoms with Crippen LogP contribution in [0.3, 0.4) is 0 Å². The molecule has 0 aromatic heterocycles. The normalized spacial score (nSPS) is 15.5. The summed E-state index contributed by atoms with van der Waals surface area (Å²) in [6, 6.07) is 0. The van der Waals surface area contributed by atoms with Gasteiger partial charge in [-0.15, -0.1) is 0 Å². The van der Waals surface area contributed by atoms with Crippen LogP contribution in [0.25, 0.3) is 0 Å². The molecule has 0 amide bonds. The fourth-order valence-electron chi connectivity index (χ4n) is 3.13. The number of carboxylic acid groups (broad SMARTS) is 1. The summed E-state index contributed by atoms with van der Waals surface area (Å²) >= 11 is 3.65. The van der Waals surface area contributed by atoms with E-state index in [0.29, 0.717) is 6.42 Å². The van der Waals surface area contributed by atoms with Gasteiger partial charge in [-0.1, -0.05) is 61.4 Å². The van der Waals surface area contributed by atoms with Gasteiger partial charge in [-0.05, 0) is 59.3 Å². The maximum Gasteiger partial charge on any atom is 0.309 e. The summed E-state index contributed by atoms with van der Waals surface area (Å²) in [6.07, 6.45) is 10.4. The van der Waals surface area contributed by atoms with Crippen molar-refractivity contribution in [3.05, 3.63) is 0 Å². The van der Waals surface area contributed by atoms with Gasteiger partial charge >= 0.3 is 5.97 Å². The first-order chi connectivity index (χ1) is 12.0. The largest absolute Gasteiger partial charge is 0.481 e. The standard InChI is InChI=1S/C21H39BrO4/c1-5-6-8-12-18(24)13-11-16-21(22,17(2)23)15-10-7-9-14-20(3,4)19(25)26/h18,24H,5-16H2,1-4H3,(H,25,26). The topological polar surface area (TPSA) is 74.6 Å².